The Bertz CT molecular complexity index is 355. The van der Waals surface area contributed by atoms with Gasteiger partial charge in [-0.15, -0.1) is 0 Å². The lowest BCUT2D eigenvalue weighted by atomic mass is 10.2. The van der Waals surface area contributed by atoms with Crippen molar-refractivity contribution in [2.75, 3.05) is 45.4 Å². The number of pyridine rings is 1. The molecule has 1 rings (SSSR count). The first kappa shape index (κ1) is 15.2. The average Bonchev–Trinajstić information content (AvgIpc) is 2.40. The monoisotopic (exact) mass is 274 g/mol. The Hall–Kier alpha value is -0.880. The quantitative estimate of drug-likeness (QED) is 0.775. The zero-order valence-corrected chi connectivity index (χ0v) is 11.5. The van der Waals surface area contributed by atoms with Gasteiger partial charge in [0.15, 0.2) is 0 Å². The summed E-state index contributed by atoms with van der Waals surface area (Å²) in [6, 6.07) is 1.79. The van der Waals surface area contributed by atoms with Crippen molar-refractivity contribution in [1.29, 1.82) is 0 Å². The fourth-order valence-corrected chi connectivity index (χ4v) is 1.67. The summed E-state index contributed by atoms with van der Waals surface area (Å²) in [6.45, 7) is 2.51. The number of aromatic nitrogens is 1. The molecule has 0 aliphatic rings. The number of halogens is 1. The number of anilines is 1. The first-order valence-electron chi connectivity index (χ1n) is 5.71. The van der Waals surface area contributed by atoms with Crippen molar-refractivity contribution in [2.45, 2.75) is 6.61 Å². The molecule has 0 aromatic carbocycles. The van der Waals surface area contributed by atoms with Crippen LogP contribution in [-0.4, -0.2) is 50.6 Å². The molecule has 0 saturated heterocycles. The second-order valence-electron chi connectivity index (χ2n) is 3.76. The van der Waals surface area contributed by atoms with Crippen LogP contribution in [0.1, 0.15) is 5.56 Å². The number of hydrogen-bond donors (Lipinski definition) is 1. The fraction of sp³-hybridized carbons (Fsp3) is 0.583. The van der Waals surface area contributed by atoms with E-state index in [9.17, 15) is 5.11 Å². The van der Waals surface area contributed by atoms with Crippen molar-refractivity contribution < 1.29 is 14.6 Å². The van der Waals surface area contributed by atoms with Gasteiger partial charge in [0.2, 0.25) is 0 Å². The van der Waals surface area contributed by atoms with E-state index in [1.54, 1.807) is 26.5 Å². The van der Waals surface area contributed by atoms with Crippen molar-refractivity contribution in [3.8, 4) is 0 Å². The summed E-state index contributed by atoms with van der Waals surface area (Å²) in [5, 5.41) is 9.67. The minimum atomic E-state index is -0.100. The highest BCUT2D eigenvalue weighted by atomic mass is 35.5. The fourth-order valence-electron chi connectivity index (χ4n) is 1.51. The topological polar surface area (TPSA) is 54.8 Å². The smallest absolute Gasteiger partial charge is 0.129 e. The standard InChI is InChI=1S/C12H19ClN2O3/c1-17-5-3-15(4-6-18-2)12-7-10(9-16)11(13)8-14-12/h7-8,16H,3-6,9H2,1-2H3. The molecule has 0 spiro atoms. The Morgan fingerprint density at radius 3 is 2.39 bits per heavy atom. The van der Waals surface area contributed by atoms with E-state index in [2.05, 4.69) is 4.98 Å². The molecule has 1 N–H and O–H groups in total. The molecule has 6 heteroatoms. The molecule has 0 unspecified atom stereocenters. The molecular weight excluding hydrogens is 256 g/mol. The highest BCUT2D eigenvalue weighted by Crippen LogP contribution is 2.20. The van der Waals surface area contributed by atoms with Crippen LogP contribution in [0.15, 0.2) is 12.3 Å². The molecule has 0 aliphatic heterocycles. The summed E-state index contributed by atoms with van der Waals surface area (Å²) in [4.78, 5) is 6.30. The van der Waals surface area contributed by atoms with Gasteiger partial charge in [-0.3, -0.25) is 0 Å². The van der Waals surface area contributed by atoms with E-state index < -0.39 is 0 Å². The molecule has 0 aliphatic carbocycles. The van der Waals surface area contributed by atoms with Gasteiger partial charge in [-0.25, -0.2) is 4.98 Å². The molecule has 18 heavy (non-hydrogen) atoms. The normalized spacial score (nSPS) is 10.7. The molecule has 0 radical (unpaired) electrons. The Morgan fingerprint density at radius 2 is 1.89 bits per heavy atom. The third-order valence-corrected chi connectivity index (χ3v) is 2.89. The van der Waals surface area contributed by atoms with Gasteiger partial charge in [-0.2, -0.15) is 0 Å². The molecule has 102 valence electrons. The molecule has 1 aromatic heterocycles. The first-order valence-corrected chi connectivity index (χ1v) is 6.08. The van der Waals surface area contributed by atoms with E-state index in [1.165, 1.54) is 0 Å². The van der Waals surface area contributed by atoms with Crippen molar-refractivity contribution >= 4 is 17.4 Å². The van der Waals surface area contributed by atoms with Gasteiger partial charge in [0.25, 0.3) is 0 Å². The maximum absolute atomic E-state index is 9.20. The van der Waals surface area contributed by atoms with E-state index >= 15 is 0 Å². The van der Waals surface area contributed by atoms with Gasteiger partial charge < -0.3 is 19.5 Å². The van der Waals surface area contributed by atoms with E-state index in [-0.39, 0.29) is 6.61 Å². The van der Waals surface area contributed by atoms with Gasteiger partial charge >= 0.3 is 0 Å². The largest absolute Gasteiger partial charge is 0.392 e. The Balaban J connectivity index is 2.82. The van der Waals surface area contributed by atoms with Crippen LogP contribution in [0.4, 0.5) is 5.82 Å². The maximum Gasteiger partial charge on any atom is 0.129 e. The third-order valence-electron chi connectivity index (χ3n) is 2.55. The van der Waals surface area contributed by atoms with E-state index in [1.807, 2.05) is 4.90 Å². The van der Waals surface area contributed by atoms with Crippen LogP contribution in [0, 0.1) is 0 Å². The predicted molar refractivity (Wildman–Crippen MR) is 71.1 cm³/mol. The van der Waals surface area contributed by atoms with Crippen LogP contribution in [0.3, 0.4) is 0 Å². The zero-order valence-electron chi connectivity index (χ0n) is 10.7. The summed E-state index contributed by atoms with van der Waals surface area (Å²) < 4.78 is 10.1. The van der Waals surface area contributed by atoms with Crippen molar-refractivity contribution in [3.63, 3.8) is 0 Å². The lowest BCUT2D eigenvalue weighted by Gasteiger charge is -2.23. The Kier molecular flexibility index (Phi) is 6.97. The van der Waals surface area contributed by atoms with Gasteiger partial charge in [-0.1, -0.05) is 11.6 Å². The average molecular weight is 275 g/mol. The van der Waals surface area contributed by atoms with Gasteiger partial charge in [-0.05, 0) is 6.07 Å². The first-order chi connectivity index (χ1) is 8.72. The molecule has 0 amide bonds. The van der Waals surface area contributed by atoms with Crippen LogP contribution in [0.2, 0.25) is 5.02 Å². The summed E-state index contributed by atoms with van der Waals surface area (Å²) in [7, 11) is 3.31. The minimum absolute atomic E-state index is 0.100. The third kappa shape index (κ3) is 4.42. The van der Waals surface area contributed by atoms with Crippen LogP contribution >= 0.6 is 11.6 Å². The van der Waals surface area contributed by atoms with Crippen molar-refractivity contribution in [1.82, 2.24) is 4.98 Å². The number of nitrogens with zero attached hydrogens (tertiary/aromatic N) is 2. The van der Waals surface area contributed by atoms with Crippen LogP contribution in [0.5, 0.6) is 0 Å². The summed E-state index contributed by atoms with van der Waals surface area (Å²) >= 11 is 5.92. The Morgan fingerprint density at radius 1 is 1.28 bits per heavy atom. The number of ether oxygens (including phenoxy) is 2. The van der Waals surface area contributed by atoms with E-state index in [0.29, 0.717) is 36.9 Å². The predicted octanol–water partition coefficient (Wildman–Crippen LogP) is 1.33. The Labute approximate surface area is 112 Å². The second kappa shape index (κ2) is 8.26. The lowest BCUT2D eigenvalue weighted by Crippen LogP contribution is -2.31. The van der Waals surface area contributed by atoms with Gasteiger partial charge in [0, 0.05) is 39.1 Å². The highest BCUT2D eigenvalue weighted by molar-refractivity contribution is 6.31. The molecule has 5 nitrogen and oxygen atoms in total. The number of methoxy groups -OCH3 is 2. The molecule has 1 aromatic rings. The molecular formula is C12H19ClN2O3. The lowest BCUT2D eigenvalue weighted by molar-refractivity contribution is 0.190. The highest BCUT2D eigenvalue weighted by Gasteiger charge is 2.10. The molecule has 0 fully saturated rings. The number of hydrogen-bond acceptors (Lipinski definition) is 5. The van der Waals surface area contributed by atoms with Crippen LogP contribution in [0.25, 0.3) is 0 Å². The summed E-state index contributed by atoms with van der Waals surface area (Å²) in [5.41, 5.74) is 0.668. The summed E-state index contributed by atoms with van der Waals surface area (Å²) in [6.07, 6.45) is 1.55. The molecule has 0 saturated carbocycles. The number of aliphatic hydroxyl groups is 1. The molecule has 1 heterocycles. The zero-order chi connectivity index (χ0) is 13.4. The van der Waals surface area contributed by atoms with Crippen molar-refractivity contribution in [2.24, 2.45) is 0 Å². The number of rotatable bonds is 8. The molecule has 0 atom stereocenters. The van der Waals surface area contributed by atoms with E-state index in [4.69, 9.17) is 21.1 Å². The number of aliphatic hydroxyl groups excluding tert-OH is 1. The van der Waals surface area contributed by atoms with Crippen molar-refractivity contribution in [3.05, 3.63) is 22.8 Å². The SMILES string of the molecule is COCCN(CCOC)c1cc(CO)c(Cl)cn1. The minimum Gasteiger partial charge on any atom is -0.392 e. The van der Waals surface area contributed by atoms with Gasteiger partial charge in [0.1, 0.15) is 5.82 Å². The molecule has 0 bridgehead atoms. The maximum atomic E-state index is 9.20. The van der Waals surface area contributed by atoms with E-state index in [0.717, 1.165) is 5.82 Å². The summed E-state index contributed by atoms with van der Waals surface area (Å²) in [5.74, 6) is 0.762. The van der Waals surface area contributed by atoms with Gasteiger partial charge in [0.05, 0.1) is 24.8 Å². The van der Waals surface area contributed by atoms with Crippen LogP contribution < -0.4 is 4.90 Å². The second-order valence-corrected chi connectivity index (χ2v) is 4.17. The van der Waals surface area contributed by atoms with Crippen LogP contribution in [-0.2, 0) is 16.1 Å².